The highest BCUT2D eigenvalue weighted by Gasteiger charge is 2.16. The second-order valence-corrected chi connectivity index (χ2v) is 5.22. The van der Waals surface area contributed by atoms with E-state index in [1.807, 2.05) is 0 Å². The van der Waals surface area contributed by atoms with Crippen molar-refractivity contribution >= 4 is 5.96 Å². The number of ether oxygens (including phenoxy) is 2. The van der Waals surface area contributed by atoms with Gasteiger partial charge in [0, 0.05) is 26.3 Å². The molecule has 19 heavy (non-hydrogen) atoms. The van der Waals surface area contributed by atoms with Crippen LogP contribution in [0.3, 0.4) is 0 Å². The highest BCUT2D eigenvalue weighted by atomic mass is 16.5. The largest absolute Gasteiger partial charge is 0.376 e. The van der Waals surface area contributed by atoms with Gasteiger partial charge in [0.05, 0.1) is 18.8 Å². The first-order chi connectivity index (χ1) is 9.38. The van der Waals surface area contributed by atoms with Crippen molar-refractivity contribution in [1.29, 1.82) is 0 Å². The zero-order chi connectivity index (χ0) is 13.3. The molecule has 0 aromatic carbocycles. The molecule has 2 fully saturated rings. The first kappa shape index (κ1) is 14.6. The highest BCUT2D eigenvalue weighted by molar-refractivity contribution is 5.79. The van der Waals surface area contributed by atoms with E-state index in [4.69, 9.17) is 9.47 Å². The first-order valence-corrected chi connectivity index (χ1v) is 7.64. The summed E-state index contributed by atoms with van der Waals surface area (Å²) in [6.07, 6.45) is 6.56. The lowest BCUT2D eigenvalue weighted by molar-refractivity contribution is 0.0194. The molecule has 0 radical (unpaired) electrons. The minimum Gasteiger partial charge on any atom is -0.376 e. The Morgan fingerprint density at radius 3 is 2.53 bits per heavy atom. The Kier molecular flexibility index (Phi) is 6.44. The lowest BCUT2D eigenvalue weighted by Crippen LogP contribution is -2.42. The molecule has 5 heteroatoms. The van der Waals surface area contributed by atoms with Crippen LogP contribution in [-0.2, 0) is 9.47 Å². The molecular weight excluding hydrogens is 242 g/mol. The lowest BCUT2D eigenvalue weighted by atomic mass is 10.1. The Morgan fingerprint density at radius 2 is 1.84 bits per heavy atom. The van der Waals surface area contributed by atoms with Crippen molar-refractivity contribution in [2.75, 3.05) is 32.8 Å². The summed E-state index contributed by atoms with van der Waals surface area (Å²) in [4.78, 5) is 4.59. The minimum absolute atomic E-state index is 0.307. The van der Waals surface area contributed by atoms with E-state index in [-0.39, 0.29) is 0 Å². The summed E-state index contributed by atoms with van der Waals surface area (Å²) < 4.78 is 11.3. The number of nitrogens with one attached hydrogen (secondary N) is 2. The number of guanidine groups is 1. The van der Waals surface area contributed by atoms with Gasteiger partial charge in [-0.25, -0.2) is 0 Å². The fourth-order valence-corrected chi connectivity index (χ4v) is 2.50. The fraction of sp³-hybridized carbons (Fsp3) is 0.929. The van der Waals surface area contributed by atoms with Crippen LogP contribution in [0, 0.1) is 0 Å². The molecule has 2 heterocycles. The maximum atomic E-state index is 5.71. The van der Waals surface area contributed by atoms with Gasteiger partial charge < -0.3 is 20.1 Å². The predicted octanol–water partition coefficient (Wildman–Crippen LogP) is 1.29. The molecule has 2 saturated heterocycles. The standard InChI is InChI=1S/C14H27N3O2/c1-2-15-14(17-11-13-7-5-9-19-13)16-10-12-6-3-4-8-18-12/h12-13H,2-11H2,1H3,(H2,15,16,17). The summed E-state index contributed by atoms with van der Waals surface area (Å²) in [5, 5.41) is 6.65. The van der Waals surface area contributed by atoms with Crippen LogP contribution in [0.2, 0.25) is 0 Å². The second-order valence-electron chi connectivity index (χ2n) is 5.22. The number of hydrogen-bond donors (Lipinski definition) is 2. The van der Waals surface area contributed by atoms with Crippen molar-refractivity contribution in [3.63, 3.8) is 0 Å². The Morgan fingerprint density at radius 1 is 1.05 bits per heavy atom. The van der Waals surface area contributed by atoms with Crippen molar-refractivity contribution in [3.05, 3.63) is 0 Å². The zero-order valence-electron chi connectivity index (χ0n) is 12.0. The molecule has 0 saturated carbocycles. The third kappa shape index (κ3) is 5.37. The van der Waals surface area contributed by atoms with Gasteiger partial charge in [-0.15, -0.1) is 0 Å². The van der Waals surface area contributed by atoms with E-state index in [0.717, 1.165) is 51.6 Å². The fourth-order valence-electron chi connectivity index (χ4n) is 2.50. The van der Waals surface area contributed by atoms with Gasteiger partial charge in [-0.1, -0.05) is 0 Å². The molecule has 0 bridgehead atoms. The van der Waals surface area contributed by atoms with Gasteiger partial charge >= 0.3 is 0 Å². The molecule has 2 rings (SSSR count). The smallest absolute Gasteiger partial charge is 0.191 e. The van der Waals surface area contributed by atoms with Crippen LogP contribution in [-0.4, -0.2) is 51.0 Å². The Labute approximate surface area is 116 Å². The maximum Gasteiger partial charge on any atom is 0.191 e. The van der Waals surface area contributed by atoms with E-state index in [1.54, 1.807) is 0 Å². The molecular formula is C14H27N3O2. The zero-order valence-corrected chi connectivity index (χ0v) is 12.0. The Bertz CT molecular complexity index is 272. The summed E-state index contributed by atoms with van der Waals surface area (Å²) in [5.74, 6) is 0.882. The van der Waals surface area contributed by atoms with Crippen LogP contribution in [0.4, 0.5) is 0 Å². The second kappa shape index (κ2) is 8.38. The van der Waals surface area contributed by atoms with Gasteiger partial charge in [0.25, 0.3) is 0 Å². The first-order valence-electron chi connectivity index (χ1n) is 7.64. The summed E-state index contributed by atoms with van der Waals surface area (Å²) in [6.45, 7) is 6.34. The molecule has 0 aromatic heterocycles. The molecule has 5 nitrogen and oxygen atoms in total. The van der Waals surface area contributed by atoms with Crippen molar-refractivity contribution in [2.45, 2.75) is 51.2 Å². The summed E-state index contributed by atoms with van der Waals surface area (Å²) in [6, 6.07) is 0. The van der Waals surface area contributed by atoms with Gasteiger partial charge in [-0.2, -0.15) is 0 Å². The summed E-state index contributed by atoms with van der Waals surface area (Å²) in [7, 11) is 0. The van der Waals surface area contributed by atoms with Gasteiger partial charge in [0.2, 0.25) is 0 Å². The summed E-state index contributed by atoms with van der Waals surface area (Å²) >= 11 is 0. The van der Waals surface area contributed by atoms with E-state index < -0.39 is 0 Å². The monoisotopic (exact) mass is 269 g/mol. The number of rotatable bonds is 5. The molecule has 110 valence electrons. The van der Waals surface area contributed by atoms with Crippen LogP contribution in [0.25, 0.3) is 0 Å². The van der Waals surface area contributed by atoms with Crippen LogP contribution >= 0.6 is 0 Å². The van der Waals surface area contributed by atoms with Gasteiger partial charge in [0.1, 0.15) is 0 Å². The normalized spacial score (nSPS) is 28.4. The lowest BCUT2D eigenvalue weighted by Gasteiger charge is -2.23. The van der Waals surface area contributed by atoms with Crippen molar-refractivity contribution in [2.24, 2.45) is 4.99 Å². The minimum atomic E-state index is 0.307. The predicted molar refractivity (Wildman–Crippen MR) is 76.5 cm³/mol. The van der Waals surface area contributed by atoms with E-state index >= 15 is 0 Å². The molecule has 2 N–H and O–H groups in total. The van der Waals surface area contributed by atoms with Crippen molar-refractivity contribution < 1.29 is 9.47 Å². The molecule has 0 amide bonds. The highest BCUT2D eigenvalue weighted by Crippen LogP contribution is 2.12. The molecule has 2 atom stereocenters. The molecule has 0 spiro atoms. The van der Waals surface area contributed by atoms with Crippen molar-refractivity contribution in [3.8, 4) is 0 Å². The van der Waals surface area contributed by atoms with Crippen LogP contribution in [0.5, 0.6) is 0 Å². The molecule has 2 aliphatic rings. The number of nitrogens with zero attached hydrogens (tertiary/aromatic N) is 1. The molecule has 2 aliphatic heterocycles. The number of aliphatic imine (C=N–C) groups is 1. The maximum absolute atomic E-state index is 5.71. The van der Waals surface area contributed by atoms with Crippen LogP contribution in [0.1, 0.15) is 39.0 Å². The van der Waals surface area contributed by atoms with Gasteiger partial charge in [-0.3, -0.25) is 4.99 Å². The topological polar surface area (TPSA) is 54.9 Å². The van der Waals surface area contributed by atoms with E-state index in [1.165, 1.54) is 19.3 Å². The SMILES string of the molecule is CCNC(=NCC1CCCO1)NCC1CCCCO1. The third-order valence-corrected chi connectivity index (χ3v) is 3.59. The van der Waals surface area contributed by atoms with Crippen LogP contribution < -0.4 is 10.6 Å². The Balaban J connectivity index is 1.72. The van der Waals surface area contributed by atoms with Crippen LogP contribution in [0.15, 0.2) is 4.99 Å². The average molecular weight is 269 g/mol. The van der Waals surface area contributed by atoms with E-state index in [0.29, 0.717) is 12.2 Å². The molecule has 0 aliphatic carbocycles. The molecule has 2 unspecified atom stereocenters. The third-order valence-electron chi connectivity index (χ3n) is 3.59. The van der Waals surface area contributed by atoms with Crippen molar-refractivity contribution in [1.82, 2.24) is 10.6 Å². The van der Waals surface area contributed by atoms with E-state index in [2.05, 4.69) is 22.5 Å². The summed E-state index contributed by atoms with van der Waals surface area (Å²) in [5.41, 5.74) is 0. The average Bonchev–Trinajstić information content (AvgIpc) is 2.96. The number of hydrogen-bond acceptors (Lipinski definition) is 3. The molecule has 0 aromatic rings. The quantitative estimate of drug-likeness (QED) is 0.583. The van der Waals surface area contributed by atoms with Gasteiger partial charge in [-0.05, 0) is 39.0 Å². The van der Waals surface area contributed by atoms with Gasteiger partial charge in [0.15, 0.2) is 5.96 Å². The Hall–Kier alpha value is -0.810. The van der Waals surface area contributed by atoms with E-state index in [9.17, 15) is 0 Å².